The van der Waals surface area contributed by atoms with Crippen LogP contribution < -0.4 is 9.80 Å². The van der Waals surface area contributed by atoms with Crippen LogP contribution in [0, 0.1) is 0 Å². The summed E-state index contributed by atoms with van der Waals surface area (Å²) in [5.74, 6) is 1.58. The number of aliphatic imine (C=N–C) groups is 1. The van der Waals surface area contributed by atoms with Gasteiger partial charge in [0.2, 0.25) is 5.96 Å². The van der Waals surface area contributed by atoms with Crippen molar-refractivity contribution < 1.29 is 4.79 Å². The van der Waals surface area contributed by atoms with Crippen LogP contribution in [0.4, 0.5) is 11.5 Å². The van der Waals surface area contributed by atoms with Crippen LogP contribution in [-0.2, 0) is 6.54 Å². The summed E-state index contributed by atoms with van der Waals surface area (Å²) >= 11 is 0. The Morgan fingerprint density at radius 1 is 0.966 bits per heavy atom. The first kappa shape index (κ1) is 16.5. The first-order chi connectivity index (χ1) is 14.3. The van der Waals surface area contributed by atoms with E-state index in [1.54, 1.807) is 11.1 Å². The van der Waals surface area contributed by atoms with Gasteiger partial charge in [0.15, 0.2) is 0 Å². The summed E-state index contributed by atoms with van der Waals surface area (Å²) in [6.45, 7) is 0.635. The molecular weight excluding hydrogens is 362 g/mol. The second-order valence-corrected chi connectivity index (χ2v) is 7.87. The quantitative estimate of drug-likeness (QED) is 0.693. The van der Waals surface area contributed by atoms with E-state index in [9.17, 15) is 4.79 Å². The van der Waals surface area contributed by atoms with Crippen LogP contribution >= 0.6 is 0 Å². The van der Waals surface area contributed by atoms with Gasteiger partial charge in [-0.3, -0.25) is 9.69 Å². The van der Waals surface area contributed by atoms with Crippen LogP contribution in [0.1, 0.15) is 35.2 Å². The molecule has 3 heterocycles. The van der Waals surface area contributed by atoms with Gasteiger partial charge in [0, 0.05) is 0 Å². The van der Waals surface area contributed by atoms with Gasteiger partial charge in [0.05, 0.1) is 30.5 Å². The van der Waals surface area contributed by atoms with Gasteiger partial charge in [0.25, 0.3) is 5.91 Å². The van der Waals surface area contributed by atoms with Crippen LogP contribution in [0.15, 0.2) is 71.9 Å². The molecule has 3 aromatic rings. The summed E-state index contributed by atoms with van der Waals surface area (Å²) in [6, 6.07) is 20.6. The van der Waals surface area contributed by atoms with Crippen LogP contribution in [0.2, 0.25) is 0 Å². The molecule has 6 heteroatoms. The molecule has 0 unspecified atom stereocenters. The predicted octanol–water partition coefficient (Wildman–Crippen LogP) is 3.69. The van der Waals surface area contributed by atoms with Crippen molar-refractivity contribution in [3.8, 4) is 0 Å². The average Bonchev–Trinajstić information content (AvgIpc) is 3.45. The normalized spacial score (nSPS) is 22.3. The average molecular weight is 383 g/mol. The largest absolute Gasteiger partial charge is 0.290 e. The molecule has 1 aromatic heterocycles. The van der Waals surface area contributed by atoms with E-state index in [1.807, 2.05) is 53.2 Å². The van der Waals surface area contributed by atoms with E-state index in [2.05, 4.69) is 22.1 Å². The number of hydrogen-bond donors (Lipinski definition) is 0. The number of benzene rings is 2. The van der Waals surface area contributed by atoms with Gasteiger partial charge in [-0.05, 0) is 37.0 Å². The maximum absolute atomic E-state index is 13.5. The lowest BCUT2D eigenvalue weighted by molar-refractivity contribution is 0.1000. The zero-order valence-electron chi connectivity index (χ0n) is 16.0. The SMILES string of the molecule is O=C1c2cnn(Cc3ccccc3)c2N2C(=N[C@H]3CCC[C@H]32)N1c1ccccc1. The van der Waals surface area contributed by atoms with Crippen LogP contribution in [0.25, 0.3) is 0 Å². The lowest BCUT2D eigenvalue weighted by Crippen LogP contribution is -2.53. The standard InChI is InChI=1S/C23H21N5O/c29-22-18-14-24-26(15-16-8-3-1-4-9-16)21(18)28-20-13-7-12-19(20)25-23(28)27(22)17-10-5-2-6-11-17/h1-6,8-11,14,19-20H,7,12-13,15H2/t19-,20+/m0/s1. The van der Waals surface area contributed by atoms with Crippen molar-refractivity contribution in [2.75, 3.05) is 9.80 Å². The number of amides is 1. The van der Waals surface area contributed by atoms with Crippen molar-refractivity contribution in [1.29, 1.82) is 0 Å². The topological polar surface area (TPSA) is 53.7 Å². The van der Waals surface area contributed by atoms with Crippen molar-refractivity contribution in [2.24, 2.45) is 4.99 Å². The van der Waals surface area contributed by atoms with Crippen molar-refractivity contribution in [1.82, 2.24) is 9.78 Å². The van der Waals surface area contributed by atoms with Crippen molar-refractivity contribution in [3.63, 3.8) is 0 Å². The molecule has 0 saturated heterocycles. The summed E-state index contributed by atoms with van der Waals surface area (Å²) in [7, 11) is 0. The molecular formula is C23H21N5O. The van der Waals surface area contributed by atoms with E-state index in [-0.39, 0.29) is 11.9 Å². The Morgan fingerprint density at radius 3 is 2.52 bits per heavy atom. The van der Waals surface area contributed by atoms with Crippen LogP contribution in [0.5, 0.6) is 0 Å². The summed E-state index contributed by atoms with van der Waals surface area (Å²) in [5.41, 5.74) is 2.66. The fraction of sp³-hybridized carbons (Fsp3) is 0.261. The number of fused-ring (bicyclic) bond motifs is 5. The van der Waals surface area contributed by atoms with Gasteiger partial charge in [-0.25, -0.2) is 14.6 Å². The number of nitrogens with zero attached hydrogens (tertiary/aromatic N) is 5. The third-order valence-electron chi connectivity index (χ3n) is 6.14. The van der Waals surface area contributed by atoms with Gasteiger partial charge in [-0.1, -0.05) is 48.5 Å². The lowest BCUT2D eigenvalue weighted by Gasteiger charge is -2.37. The number of guanidine groups is 1. The minimum Gasteiger partial charge on any atom is -0.290 e. The molecule has 1 aliphatic carbocycles. The Bertz CT molecular complexity index is 1100. The summed E-state index contributed by atoms with van der Waals surface area (Å²) in [5, 5.41) is 4.62. The fourth-order valence-corrected chi connectivity index (χ4v) is 4.83. The number of aromatic nitrogens is 2. The molecule has 0 spiro atoms. The summed E-state index contributed by atoms with van der Waals surface area (Å²) in [4.78, 5) is 22.6. The molecule has 6 rings (SSSR count). The molecule has 144 valence electrons. The number of anilines is 2. The number of hydrogen-bond acceptors (Lipinski definition) is 4. The van der Waals surface area contributed by atoms with Crippen molar-refractivity contribution >= 4 is 23.4 Å². The molecule has 1 saturated carbocycles. The monoisotopic (exact) mass is 383 g/mol. The number of carbonyl (C=O) groups is 1. The van der Waals surface area contributed by atoms with E-state index >= 15 is 0 Å². The Hall–Kier alpha value is -3.41. The van der Waals surface area contributed by atoms with Gasteiger partial charge in [-0.2, -0.15) is 5.10 Å². The molecule has 1 fully saturated rings. The van der Waals surface area contributed by atoms with Crippen molar-refractivity contribution in [2.45, 2.75) is 37.9 Å². The van der Waals surface area contributed by atoms with E-state index < -0.39 is 0 Å². The maximum atomic E-state index is 13.5. The highest BCUT2D eigenvalue weighted by Crippen LogP contribution is 2.42. The van der Waals surface area contributed by atoms with Gasteiger partial charge in [0.1, 0.15) is 11.4 Å². The van der Waals surface area contributed by atoms with E-state index in [0.717, 1.165) is 35.9 Å². The minimum absolute atomic E-state index is 0.0551. The van der Waals surface area contributed by atoms with Crippen molar-refractivity contribution in [3.05, 3.63) is 78.0 Å². The number of rotatable bonds is 3. The minimum atomic E-state index is -0.0551. The molecule has 0 radical (unpaired) electrons. The highest BCUT2D eigenvalue weighted by Gasteiger charge is 2.49. The Labute approximate surface area is 169 Å². The molecule has 2 aromatic carbocycles. The second-order valence-electron chi connectivity index (χ2n) is 7.87. The molecule has 0 bridgehead atoms. The van der Waals surface area contributed by atoms with E-state index in [1.165, 1.54) is 6.42 Å². The number of carbonyl (C=O) groups excluding carboxylic acids is 1. The molecule has 0 N–H and O–H groups in total. The molecule has 29 heavy (non-hydrogen) atoms. The zero-order valence-corrected chi connectivity index (χ0v) is 16.0. The molecule has 1 amide bonds. The highest BCUT2D eigenvalue weighted by molar-refractivity contribution is 6.31. The highest BCUT2D eigenvalue weighted by atomic mass is 16.2. The fourth-order valence-electron chi connectivity index (χ4n) is 4.83. The van der Waals surface area contributed by atoms with Gasteiger partial charge >= 0.3 is 0 Å². The smallest absolute Gasteiger partial charge is 0.270 e. The first-order valence-electron chi connectivity index (χ1n) is 10.2. The summed E-state index contributed by atoms with van der Waals surface area (Å²) in [6.07, 6.45) is 5.05. The molecule has 6 nitrogen and oxygen atoms in total. The third-order valence-corrected chi connectivity index (χ3v) is 6.14. The molecule has 3 aliphatic rings. The maximum Gasteiger partial charge on any atom is 0.270 e. The molecule has 2 aliphatic heterocycles. The van der Waals surface area contributed by atoms with Crippen LogP contribution in [-0.4, -0.2) is 33.7 Å². The first-order valence-corrected chi connectivity index (χ1v) is 10.2. The lowest BCUT2D eigenvalue weighted by atomic mass is 10.1. The van der Waals surface area contributed by atoms with Gasteiger partial charge < -0.3 is 0 Å². The van der Waals surface area contributed by atoms with E-state index in [4.69, 9.17) is 4.99 Å². The summed E-state index contributed by atoms with van der Waals surface area (Å²) < 4.78 is 1.96. The van der Waals surface area contributed by atoms with E-state index in [0.29, 0.717) is 18.2 Å². The Morgan fingerprint density at radius 2 is 1.72 bits per heavy atom. The number of para-hydroxylation sites is 1. The van der Waals surface area contributed by atoms with Crippen LogP contribution in [0.3, 0.4) is 0 Å². The Kier molecular flexibility index (Phi) is 3.59. The third kappa shape index (κ3) is 2.45. The Balaban J connectivity index is 1.50. The predicted molar refractivity (Wildman–Crippen MR) is 112 cm³/mol. The zero-order chi connectivity index (χ0) is 19.4. The molecule has 2 atom stereocenters. The van der Waals surface area contributed by atoms with Gasteiger partial charge in [-0.15, -0.1) is 0 Å². The second kappa shape index (κ2) is 6.30.